The summed E-state index contributed by atoms with van der Waals surface area (Å²) in [5, 5.41) is 6.43. The van der Waals surface area contributed by atoms with Gasteiger partial charge in [0.25, 0.3) is 0 Å². The van der Waals surface area contributed by atoms with Crippen molar-refractivity contribution in [3.8, 4) is 11.5 Å². The standard InChI is InChI=1S/C25H26N2O3/c1-18-7-10-21(11-8-18)27-25(28)24(20-5-3-2-4-6-20)26-14-13-19-9-12-22-23(17-19)30-16-15-29-22/h2-12,17,24,26H,13-16H2,1H3,(H,27,28). The van der Waals surface area contributed by atoms with Gasteiger partial charge in [-0.2, -0.15) is 0 Å². The number of nitrogens with one attached hydrogen (secondary N) is 2. The van der Waals surface area contributed by atoms with Crippen molar-refractivity contribution in [3.63, 3.8) is 0 Å². The van der Waals surface area contributed by atoms with Gasteiger partial charge in [-0.25, -0.2) is 0 Å². The zero-order valence-corrected chi connectivity index (χ0v) is 17.1. The lowest BCUT2D eigenvalue weighted by Crippen LogP contribution is -2.34. The summed E-state index contributed by atoms with van der Waals surface area (Å²) in [4.78, 5) is 13.0. The van der Waals surface area contributed by atoms with E-state index < -0.39 is 6.04 Å². The summed E-state index contributed by atoms with van der Waals surface area (Å²) in [6.07, 6.45) is 0.776. The van der Waals surface area contributed by atoms with Crippen LogP contribution in [0.15, 0.2) is 72.8 Å². The highest BCUT2D eigenvalue weighted by molar-refractivity contribution is 5.95. The lowest BCUT2D eigenvalue weighted by molar-refractivity contribution is -0.118. The van der Waals surface area contributed by atoms with Gasteiger partial charge in [-0.15, -0.1) is 0 Å². The van der Waals surface area contributed by atoms with E-state index in [0.29, 0.717) is 19.8 Å². The van der Waals surface area contributed by atoms with Crippen LogP contribution in [0.4, 0.5) is 5.69 Å². The monoisotopic (exact) mass is 402 g/mol. The van der Waals surface area contributed by atoms with E-state index in [1.807, 2.05) is 79.7 Å². The lowest BCUT2D eigenvalue weighted by atomic mass is 10.0. The molecule has 0 fully saturated rings. The summed E-state index contributed by atoms with van der Waals surface area (Å²) in [5.74, 6) is 1.50. The second kappa shape index (κ2) is 9.46. The molecule has 0 bridgehead atoms. The number of carbonyl (C=O) groups is 1. The highest BCUT2D eigenvalue weighted by atomic mass is 16.6. The summed E-state index contributed by atoms with van der Waals surface area (Å²) >= 11 is 0. The molecule has 3 aromatic carbocycles. The predicted octanol–water partition coefficient (Wildman–Crippen LogP) is 4.28. The van der Waals surface area contributed by atoms with Gasteiger partial charge < -0.3 is 20.1 Å². The third-order valence-electron chi connectivity index (χ3n) is 5.08. The van der Waals surface area contributed by atoms with Crippen molar-refractivity contribution < 1.29 is 14.3 Å². The highest BCUT2D eigenvalue weighted by Gasteiger charge is 2.20. The Morgan fingerprint density at radius 1 is 0.933 bits per heavy atom. The molecule has 1 aliphatic heterocycles. The molecule has 5 heteroatoms. The number of fused-ring (bicyclic) bond motifs is 1. The summed E-state index contributed by atoms with van der Waals surface area (Å²) in [5.41, 5.74) is 4.02. The molecule has 1 aliphatic rings. The normalized spacial score (nSPS) is 13.5. The first-order valence-electron chi connectivity index (χ1n) is 10.2. The van der Waals surface area contributed by atoms with Gasteiger partial charge in [-0.05, 0) is 48.7 Å². The molecule has 3 aromatic rings. The Bertz CT molecular complexity index is 987. The van der Waals surface area contributed by atoms with E-state index in [2.05, 4.69) is 10.6 Å². The van der Waals surface area contributed by atoms with E-state index in [-0.39, 0.29) is 5.91 Å². The van der Waals surface area contributed by atoms with Crippen LogP contribution in [0.1, 0.15) is 22.7 Å². The molecule has 30 heavy (non-hydrogen) atoms. The number of ether oxygens (including phenoxy) is 2. The summed E-state index contributed by atoms with van der Waals surface area (Å²) in [6, 6.07) is 23.2. The maximum atomic E-state index is 13.0. The number of amides is 1. The molecule has 1 heterocycles. The van der Waals surface area contributed by atoms with Crippen LogP contribution in [-0.2, 0) is 11.2 Å². The molecule has 0 saturated heterocycles. The fourth-order valence-corrected chi connectivity index (χ4v) is 3.46. The fraction of sp³-hybridized carbons (Fsp3) is 0.240. The van der Waals surface area contributed by atoms with Gasteiger partial charge in [-0.3, -0.25) is 4.79 Å². The van der Waals surface area contributed by atoms with Gasteiger partial charge in [0.2, 0.25) is 5.91 Å². The Kier molecular flexibility index (Phi) is 6.30. The quantitative estimate of drug-likeness (QED) is 0.619. The Labute approximate surface area is 177 Å². The molecule has 1 unspecified atom stereocenters. The Morgan fingerprint density at radius 2 is 1.67 bits per heavy atom. The topological polar surface area (TPSA) is 59.6 Å². The zero-order valence-electron chi connectivity index (χ0n) is 17.1. The van der Waals surface area contributed by atoms with Crippen molar-refractivity contribution in [2.45, 2.75) is 19.4 Å². The van der Waals surface area contributed by atoms with E-state index in [9.17, 15) is 4.79 Å². The molecule has 0 aromatic heterocycles. The summed E-state index contributed by atoms with van der Waals surface area (Å²) < 4.78 is 11.2. The van der Waals surface area contributed by atoms with Crippen molar-refractivity contribution >= 4 is 11.6 Å². The Morgan fingerprint density at radius 3 is 2.43 bits per heavy atom. The summed E-state index contributed by atoms with van der Waals surface area (Å²) in [7, 11) is 0. The van der Waals surface area contributed by atoms with Gasteiger partial charge in [-0.1, -0.05) is 54.1 Å². The van der Waals surface area contributed by atoms with Gasteiger partial charge in [0.15, 0.2) is 11.5 Å². The van der Waals surface area contributed by atoms with Crippen LogP contribution in [0.2, 0.25) is 0 Å². The Hall–Kier alpha value is -3.31. The smallest absolute Gasteiger partial charge is 0.246 e. The van der Waals surface area contributed by atoms with Gasteiger partial charge in [0.05, 0.1) is 0 Å². The zero-order chi connectivity index (χ0) is 20.8. The fourth-order valence-electron chi connectivity index (χ4n) is 3.46. The second-order valence-corrected chi connectivity index (χ2v) is 7.38. The molecule has 2 N–H and O–H groups in total. The lowest BCUT2D eigenvalue weighted by Gasteiger charge is -2.20. The minimum Gasteiger partial charge on any atom is -0.486 e. The third kappa shape index (κ3) is 4.99. The maximum Gasteiger partial charge on any atom is 0.246 e. The third-order valence-corrected chi connectivity index (χ3v) is 5.08. The predicted molar refractivity (Wildman–Crippen MR) is 118 cm³/mol. The van der Waals surface area contributed by atoms with Crippen molar-refractivity contribution in [1.29, 1.82) is 0 Å². The molecule has 5 nitrogen and oxygen atoms in total. The molecule has 1 atom stereocenters. The molecule has 0 aliphatic carbocycles. The van der Waals surface area contributed by atoms with Crippen molar-refractivity contribution in [2.24, 2.45) is 0 Å². The van der Waals surface area contributed by atoms with Gasteiger partial charge in [0.1, 0.15) is 19.3 Å². The van der Waals surface area contributed by atoms with E-state index in [1.165, 1.54) is 0 Å². The number of hydrogen-bond donors (Lipinski definition) is 2. The number of rotatable bonds is 7. The number of benzene rings is 3. The van der Waals surface area contributed by atoms with Crippen molar-refractivity contribution in [3.05, 3.63) is 89.5 Å². The van der Waals surface area contributed by atoms with Crippen LogP contribution < -0.4 is 20.1 Å². The van der Waals surface area contributed by atoms with E-state index >= 15 is 0 Å². The molecule has 0 spiro atoms. The number of carbonyl (C=O) groups excluding carboxylic acids is 1. The van der Waals surface area contributed by atoms with Crippen LogP contribution in [-0.4, -0.2) is 25.7 Å². The molecule has 154 valence electrons. The average Bonchev–Trinajstić information content (AvgIpc) is 2.78. The largest absolute Gasteiger partial charge is 0.486 e. The summed E-state index contributed by atoms with van der Waals surface area (Å²) in [6.45, 7) is 3.84. The van der Waals surface area contributed by atoms with E-state index in [1.54, 1.807) is 0 Å². The molecular weight excluding hydrogens is 376 g/mol. The first kappa shape index (κ1) is 20.0. The number of hydrogen-bond acceptors (Lipinski definition) is 4. The highest BCUT2D eigenvalue weighted by Crippen LogP contribution is 2.30. The molecule has 0 saturated carbocycles. The number of anilines is 1. The molecule has 1 amide bonds. The van der Waals surface area contributed by atoms with Crippen LogP contribution in [0.3, 0.4) is 0 Å². The van der Waals surface area contributed by atoms with Crippen LogP contribution in [0.25, 0.3) is 0 Å². The maximum absolute atomic E-state index is 13.0. The minimum absolute atomic E-state index is 0.0766. The molecule has 0 radical (unpaired) electrons. The van der Waals surface area contributed by atoms with Crippen LogP contribution in [0.5, 0.6) is 11.5 Å². The number of aryl methyl sites for hydroxylation is 1. The van der Waals surface area contributed by atoms with E-state index in [4.69, 9.17) is 9.47 Å². The molecule has 4 rings (SSSR count). The Balaban J connectivity index is 1.42. The van der Waals surface area contributed by atoms with Crippen molar-refractivity contribution in [2.75, 3.05) is 25.1 Å². The minimum atomic E-state index is -0.440. The molecular formula is C25H26N2O3. The average molecular weight is 402 g/mol. The van der Waals surface area contributed by atoms with Gasteiger partial charge in [0, 0.05) is 12.2 Å². The van der Waals surface area contributed by atoms with Gasteiger partial charge >= 0.3 is 0 Å². The van der Waals surface area contributed by atoms with Crippen LogP contribution in [0, 0.1) is 6.92 Å². The first-order valence-corrected chi connectivity index (χ1v) is 10.2. The second-order valence-electron chi connectivity index (χ2n) is 7.38. The van der Waals surface area contributed by atoms with Crippen LogP contribution >= 0.6 is 0 Å². The first-order chi connectivity index (χ1) is 14.7. The SMILES string of the molecule is Cc1ccc(NC(=O)C(NCCc2ccc3c(c2)OCCO3)c2ccccc2)cc1. The van der Waals surface area contributed by atoms with E-state index in [0.717, 1.165) is 40.3 Å². The van der Waals surface area contributed by atoms with Crippen molar-refractivity contribution in [1.82, 2.24) is 5.32 Å².